The van der Waals surface area contributed by atoms with Gasteiger partial charge in [-0.3, -0.25) is 14.1 Å². The number of rotatable bonds is 34. The predicted molar refractivity (Wildman–Crippen MR) is 180 cm³/mol. The first-order chi connectivity index (χ1) is 21.1. The van der Waals surface area contributed by atoms with Crippen molar-refractivity contribution in [3.05, 3.63) is 0 Å². The van der Waals surface area contributed by atoms with E-state index in [4.69, 9.17) is 0 Å². The van der Waals surface area contributed by atoms with Crippen LogP contribution in [0.3, 0.4) is 0 Å². The van der Waals surface area contributed by atoms with Gasteiger partial charge in [0, 0.05) is 12.8 Å². The van der Waals surface area contributed by atoms with Gasteiger partial charge >= 0.3 is 7.82 Å². The van der Waals surface area contributed by atoms with E-state index < -0.39 is 37.7 Å². The van der Waals surface area contributed by atoms with E-state index in [9.17, 15) is 34.2 Å². The van der Waals surface area contributed by atoms with Gasteiger partial charge in [-0.1, -0.05) is 168 Å². The average Bonchev–Trinajstić information content (AvgIpc) is 2.99. The number of phosphoric ester groups is 1. The number of carbonyl (C=O) groups is 2. The summed E-state index contributed by atoms with van der Waals surface area (Å²) < 4.78 is 16.1. The summed E-state index contributed by atoms with van der Waals surface area (Å²) in [6.45, 7) is 4.45. The number of hydrogen-bond donors (Lipinski definition) is 4. The van der Waals surface area contributed by atoms with Crippen LogP contribution >= 0.6 is 7.82 Å². The summed E-state index contributed by atoms with van der Waals surface area (Å²) in [4.78, 5) is 43.8. The van der Waals surface area contributed by atoms with Crippen LogP contribution < -0.4 is 0 Å². The van der Waals surface area contributed by atoms with Gasteiger partial charge in [-0.2, -0.15) is 0 Å². The first-order valence-electron chi connectivity index (χ1n) is 18.3. The third kappa shape index (κ3) is 26.6. The fourth-order valence-electron chi connectivity index (χ4n) is 5.74. The highest BCUT2D eigenvalue weighted by Gasteiger charge is 2.39. The summed E-state index contributed by atoms with van der Waals surface area (Å²) in [5.41, 5.74) is 0. The Morgan fingerprint density at radius 1 is 0.500 bits per heavy atom. The zero-order valence-electron chi connectivity index (χ0n) is 28.4. The van der Waals surface area contributed by atoms with Crippen LogP contribution in [0.15, 0.2) is 0 Å². The average molecular weight is 649 g/mol. The fourth-order valence-corrected chi connectivity index (χ4v) is 6.28. The molecule has 0 aliphatic carbocycles. The van der Waals surface area contributed by atoms with Gasteiger partial charge in [0.05, 0.1) is 0 Å². The van der Waals surface area contributed by atoms with E-state index in [1.54, 1.807) is 0 Å². The Labute approximate surface area is 269 Å². The molecule has 0 fully saturated rings. The van der Waals surface area contributed by atoms with E-state index in [0.717, 1.165) is 44.9 Å². The lowest BCUT2D eigenvalue weighted by Gasteiger charge is -2.25. The van der Waals surface area contributed by atoms with Gasteiger partial charge < -0.3 is 20.0 Å². The number of unbranched alkanes of at least 4 members (excludes halogenated alkanes) is 24. The minimum atomic E-state index is -5.13. The molecule has 2 unspecified atom stereocenters. The summed E-state index contributed by atoms with van der Waals surface area (Å²) >= 11 is 0. The molecule has 44 heavy (non-hydrogen) atoms. The number of ketones is 2. The summed E-state index contributed by atoms with van der Waals surface area (Å²) in [5.74, 6) is -1.36. The van der Waals surface area contributed by atoms with Crippen LogP contribution in [-0.2, 0) is 18.7 Å². The summed E-state index contributed by atoms with van der Waals surface area (Å²) in [6, 6.07) is 0. The van der Waals surface area contributed by atoms with Gasteiger partial charge in [0.15, 0.2) is 17.7 Å². The highest BCUT2D eigenvalue weighted by Crippen LogP contribution is 2.39. The first kappa shape index (κ1) is 43.4. The summed E-state index contributed by atoms with van der Waals surface area (Å²) in [5, 5.41) is 20.9. The van der Waals surface area contributed by atoms with Crippen LogP contribution in [0.1, 0.15) is 194 Å². The molecular weight excluding hydrogens is 579 g/mol. The highest BCUT2D eigenvalue weighted by atomic mass is 31.2. The third-order valence-corrected chi connectivity index (χ3v) is 9.09. The monoisotopic (exact) mass is 648 g/mol. The number of Topliss-reactive ketones (excluding diaryl/α,β-unsaturated/α-hetero) is 2. The van der Waals surface area contributed by atoms with Crippen LogP contribution in [0.25, 0.3) is 0 Å². The second-order valence-corrected chi connectivity index (χ2v) is 14.1. The second kappa shape index (κ2) is 29.8. The van der Waals surface area contributed by atoms with E-state index in [2.05, 4.69) is 18.4 Å². The van der Waals surface area contributed by atoms with Gasteiger partial charge in [-0.15, -0.1) is 0 Å². The van der Waals surface area contributed by atoms with Crippen molar-refractivity contribution >= 4 is 19.4 Å². The Bertz CT molecular complexity index is 726. The van der Waals surface area contributed by atoms with Gasteiger partial charge in [-0.05, 0) is 12.8 Å². The Morgan fingerprint density at radius 2 is 0.773 bits per heavy atom. The lowest BCUT2D eigenvalue weighted by Crippen LogP contribution is -2.47. The summed E-state index contributed by atoms with van der Waals surface area (Å²) in [7, 11) is -5.13. The van der Waals surface area contributed by atoms with E-state index in [-0.39, 0.29) is 12.8 Å². The molecule has 0 spiro atoms. The standard InChI is InChI=1S/C35H69O8P/c1-3-5-7-9-11-13-15-17-19-21-23-25-27-29-31(36)33(38)34(39)35(43-44(40,41)42)32(37)30-28-26-24-22-20-18-16-14-12-10-8-6-4-2/h33-35,38-39H,3-30H2,1-2H3,(H2,40,41,42)/t33?,34-,35?/m1/s1. The van der Waals surface area contributed by atoms with Crippen LogP contribution in [0, 0.1) is 0 Å². The van der Waals surface area contributed by atoms with Gasteiger partial charge in [0.1, 0.15) is 12.2 Å². The molecule has 0 aromatic heterocycles. The molecule has 0 rings (SSSR count). The fraction of sp³-hybridized carbons (Fsp3) is 0.943. The molecule has 262 valence electrons. The highest BCUT2D eigenvalue weighted by molar-refractivity contribution is 7.46. The van der Waals surface area contributed by atoms with Gasteiger partial charge in [0.2, 0.25) is 0 Å². The van der Waals surface area contributed by atoms with Gasteiger partial charge in [0.25, 0.3) is 0 Å². The zero-order valence-corrected chi connectivity index (χ0v) is 29.3. The van der Waals surface area contributed by atoms with Crippen LogP contribution in [0.5, 0.6) is 0 Å². The largest absolute Gasteiger partial charge is 0.470 e. The molecule has 0 aliphatic rings. The van der Waals surface area contributed by atoms with Crippen molar-refractivity contribution in [2.45, 2.75) is 212 Å². The molecule has 0 aliphatic heterocycles. The maximum Gasteiger partial charge on any atom is 0.470 e. The molecule has 0 saturated carbocycles. The Kier molecular flexibility index (Phi) is 29.3. The Morgan fingerprint density at radius 3 is 1.07 bits per heavy atom. The van der Waals surface area contributed by atoms with Crippen LogP contribution in [0.4, 0.5) is 0 Å². The number of carbonyl (C=O) groups excluding carboxylic acids is 2. The van der Waals surface area contributed by atoms with Crippen molar-refractivity contribution in [2.75, 3.05) is 0 Å². The summed E-state index contributed by atoms with van der Waals surface area (Å²) in [6.07, 6.45) is 23.9. The second-order valence-electron chi connectivity index (χ2n) is 12.9. The normalized spacial score (nSPS) is 14.0. The number of aliphatic hydroxyl groups is 2. The number of aliphatic hydroxyl groups excluding tert-OH is 2. The van der Waals surface area contributed by atoms with Crippen LogP contribution in [0.2, 0.25) is 0 Å². The Hall–Kier alpha value is -0.630. The molecule has 0 bridgehead atoms. The van der Waals surface area contributed by atoms with Crippen molar-refractivity contribution < 1.29 is 38.7 Å². The maximum atomic E-state index is 12.7. The predicted octanol–water partition coefficient (Wildman–Crippen LogP) is 9.29. The molecule has 8 nitrogen and oxygen atoms in total. The zero-order chi connectivity index (χ0) is 32.9. The molecule has 0 aromatic rings. The molecule has 0 aromatic carbocycles. The molecule has 0 amide bonds. The SMILES string of the molecule is CCCCCCCCCCCCCCCC(=O)C(O)[C@@H](O)C(OP(=O)(O)O)C(=O)CCCCCCCCCCCCCCC. The number of hydrogen-bond acceptors (Lipinski definition) is 6. The van der Waals surface area contributed by atoms with E-state index >= 15 is 0 Å². The first-order valence-corrected chi connectivity index (χ1v) is 19.8. The van der Waals surface area contributed by atoms with Crippen molar-refractivity contribution in [3.63, 3.8) is 0 Å². The third-order valence-electron chi connectivity index (χ3n) is 8.59. The molecule has 0 heterocycles. The minimum Gasteiger partial charge on any atom is -0.387 e. The minimum absolute atomic E-state index is 0.0334. The van der Waals surface area contributed by atoms with E-state index in [1.807, 2.05) is 0 Å². The van der Waals surface area contributed by atoms with Crippen molar-refractivity contribution in [1.29, 1.82) is 0 Å². The van der Waals surface area contributed by atoms with Crippen molar-refractivity contribution in [2.24, 2.45) is 0 Å². The maximum absolute atomic E-state index is 12.7. The van der Waals surface area contributed by atoms with E-state index in [0.29, 0.717) is 12.8 Å². The lowest BCUT2D eigenvalue weighted by molar-refractivity contribution is -0.146. The molecule has 4 N–H and O–H groups in total. The molecule has 3 atom stereocenters. The quantitative estimate of drug-likeness (QED) is 0.0400. The molecule has 0 radical (unpaired) electrons. The molecule has 0 saturated heterocycles. The van der Waals surface area contributed by atoms with E-state index in [1.165, 1.54) is 109 Å². The molecular formula is C35H69O8P. The van der Waals surface area contributed by atoms with Gasteiger partial charge in [-0.25, -0.2) is 4.57 Å². The molecule has 9 heteroatoms. The lowest BCUT2D eigenvalue weighted by atomic mass is 9.95. The topological polar surface area (TPSA) is 141 Å². The van der Waals surface area contributed by atoms with Crippen molar-refractivity contribution in [1.82, 2.24) is 0 Å². The smallest absolute Gasteiger partial charge is 0.387 e. The van der Waals surface area contributed by atoms with Crippen LogP contribution in [-0.4, -0.2) is 49.9 Å². The van der Waals surface area contributed by atoms with Crippen molar-refractivity contribution in [3.8, 4) is 0 Å². The Balaban J connectivity index is 4.20. The number of phosphoric acid groups is 1.